The summed E-state index contributed by atoms with van der Waals surface area (Å²) in [5.41, 5.74) is 0. The molecule has 0 spiro atoms. The summed E-state index contributed by atoms with van der Waals surface area (Å²) in [5, 5.41) is 0. The molecule has 0 fully saturated rings. The van der Waals surface area contributed by atoms with Crippen LogP contribution in [0.15, 0.2) is 0 Å². The molecule has 0 aliphatic rings. The van der Waals surface area contributed by atoms with E-state index in [1.165, 1.54) is 0 Å². The Bertz CT molecular complexity index is 95.1. The van der Waals surface area contributed by atoms with E-state index in [0.717, 1.165) is 4.99 Å². The van der Waals surface area contributed by atoms with Crippen LogP contribution in [0.4, 0.5) is 0 Å². The van der Waals surface area contributed by atoms with Crippen molar-refractivity contribution in [1.82, 2.24) is 4.98 Å². The maximum atomic E-state index is 4.87. The van der Waals surface area contributed by atoms with Gasteiger partial charge in [0.25, 0.3) is 0 Å². The van der Waals surface area contributed by atoms with Crippen molar-refractivity contribution in [3.05, 3.63) is 0 Å². The zero-order valence-electron chi connectivity index (χ0n) is 5.91. The highest BCUT2D eigenvalue weighted by atomic mass is 32.1. The van der Waals surface area contributed by atoms with Gasteiger partial charge in [0.05, 0.1) is 4.99 Å². The maximum absolute atomic E-state index is 4.87. The van der Waals surface area contributed by atoms with Gasteiger partial charge in [-0.3, -0.25) is 0 Å². The quantitative estimate of drug-likeness (QED) is 0.448. The predicted octanol–water partition coefficient (Wildman–Crippen LogP) is 1.76. The first kappa shape index (κ1) is 8.11. The molecule has 0 aromatic rings. The third kappa shape index (κ3) is 6.11. The highest BCUT2D eigenvalue weighted by Crippen LogP contribution is 1.93. The van der Waals surface area contributed by atoms with Gasteiger partial charge in [0, 0.05) is 0 Å². The molecular weight excluding hydrogens is 134 g/mol. The second-order valence-corrected chi connectivity index (χ2v) is 8.29. The van der Waals surface area contributed by atoms with Crippen molar-refractivity contribution in [2.45, 2.75) is 26.6 Å². The fourth-order valence-electron chi connectivity index (χ4n) is 0.528. The molecule has 0 saturated carbocycles. The number of hydrogen-bond acceptors (Lipinski definition) is 1. The molecule has 1 nitrogen and oxygen atoms in total. The first-order valence-corrected chi connectivity index (χ1v) is 6.61. The van der Waals surface area contributed by atoms with Gasteiger partial charge < -0.3 is 4.98 Å². The maximum Gasteiger partial charge on any atom is 0.144 e. The zero-order valence-corrected chi connectivity index (χ0v) is 7.72. The first-order valence-electron chi connectivity index (χ1n) is 2.70. The second kappa shape index (κ2) is 2.59. The Morgan fingerprint density at radius 1 is 1.38 bits per heavy atom. The van der Waals surface area contributed by atoms with Crippen molar-refractivity contribution in [3.8, 4) is 0 Å². The molecule has 0 radical (unpaired) electrons. The Morgan fingerprint density at radius 3 is 1.75 bits per heavy atom. The number of nitrogens with one attached hydrogen (secondary N) is 1. The van der Waals surface area contributed by atoms with Gasteiger partial charge in [-0.05, 0) is 6.92 Å². The molecule has 0 atom stereocenters. The third-order valence-corrected chi connectivity index (χ3v) is 1.96. The van der Waals surface area contributed by atoms with Gasteiger partial charge in [-0.2, -0.15) is 0 Å². The van der Waals surface area contributed by atoms with Gasteiger partial charge in [0.15, 0.2) is 0 Å². The fourth-order valence-corrected chi connectivity index (χ4v) is 2.50. The van der Waals surface area contributed by atoms with Crippen LogP contribution in [0.3, 0.4) is 0 Å². The van der Waals surface area contributed by atoms with Crippen LogP contribution < -0.4 is 4.98 Å². The molecule has 0 unspecified atom stereocenters. The zero-order chi connectivity index (χ0) is 6.78. The van der Waals surface area contributed by atoms with Crippen molar-refractivity contribution >= 4 is 25.4 Å². The van der Waals surface area contributed by atoms with Crippen molar-refractivity contribution in [2.75, 3.05) is 0 Å². The number of thiocarbonyl (C=S) groups is 1. The second-order valence-electron chi connectivity index (χ2n) is 2.93. The van der Waals surface area contributed by atoms with Gasteiger partial charge in [0.2, 0.25) is 0 Å². The van der Waals surface area contributed by atoms with Crippen LogP contribution >= 0.6 is 12.2 Å². The molecule has 0 heterocycles. The minimum Gasteiger partial charge on any atom is -0.406 e. The van der Waals surface area contributed by atoms with E-state index in [9.17, 15) is 0 Å². The SMILES string of the molecule is CC(=S)N[Si](C)(C)C. The van der Waals surface area contributed by atoms with E-state index in [-0.39, 0.29) is 0 Å². The van der Waals surface area contributed by atoms with Gasteiger partial charge in [-0.1, -0.05) is 31.9 Å². The molecule has 8 heavy (non-hydrogen) atoms. The average Bonchev–Trinajstić information content (AvgIpc) is 1.21. The van der Waals surface area contributed by atoms with Crippen LogP contribution in [-0.2, 0) is 0 Å². The van der Waals surface area contributed by atoms with Crippen LogP contribution in [0, 0.1) is 0 Å². The van der Waals surface area contributed by atoms with E-state index < -0.39 is 8.24 Å². The molecule has 1 N–H and O–H groups in total. The topological polar surface area (TPSA) is 12.0 Å². The van der Waals surface area contributed by atoms with Crippen LogP contribution in [0.1, 0.15) is 6.92 Å². The highest BCUT2D eigenvalue weighted by molar-refractivity contribution is 7.80. The minimum absolute atomic E-state index is 0.921. The van der Waals surface area contributed by atoms with Crippen LogP contribution in [0.5, 0.6) is 0 Å². The Balaban J connectivity index is 3.55. The largest absolute Gasteiger partial charge is 0.406 e. The molecule has 48 valence electrons. The monoisotopic (exact) mass is 147 g/mol. The molecule has 0 amide bonds. The molecular formula is C5H13NSSi. The predicted molar refractivity (Wildman–Crippen MR) is 44.8 cm³/mol. The summed E-state index contributed by atoms with van der Waals surface area (Å²) in [6.07, 6.45) is 0. The Morgan fingerprint density at radius 2 is 1.75 bits per heavy atom. The van der Waals surface area contributed by atoms with E-state index in [4.69, 9.17) is 12.2 Å². The minimum atomic E-state index is -1.11. The molecule has 3 heteroatoms. The Labute approximate surface area is 57.6 Å². The molecule has 0 saturated heterocycles. The molecule has 0 aromatic carbocycles. The third-order valence-electron chi connectivity index (χ3n) is 0.551. The van der Waals surface area contributed by atoms with Gasteiger partial charge in [-0.15, -0.1) is 0 Å². The van der Waals surface area contributed by atoms with Crippen molar-refractivity contribution in [1.29, 1.82) is 0 Å². The summed E-state index contributed by atoms with van der Waals surface area (Å²) in [4.78, 5) is 4.17. The molecule has 0 rings (SSSR count). The Kier molecular flexibility index (Phi) is 2.63. The lowest BCUT2D eigenvalue weighted by Gasteiger charge is -2.17. The standard InChI is InChI=1S/C5H13NSSi/c1-5(7)6-8(2,3)4/h1-4H3,(H,6,7). The summed E-state index contributed by atoms with van der Waals surface area (Å²) >= 11 is 4.87. The first-order chi connectivity index (χ1) is 3.42. The van der Waals surface area contributed by atoms with Gasteiger partial charge in [-0.25, -0.2) is 0 Å². The lowest BCUT2D eigenvalue weighted by Crippen LogP contribution is -2.43. The van der Waals surface area contributed by atoms with Crippen molar-refractivity contribution in [2.24, 2.45) is 0 Å². The molecule has 0 bridgehead atoms. The fraction of sp³-hybridized carbons (Fsp3) is 0.800. The van der Waals surface area contributed by atoms with E-state index in [2.05, 4.69) is 24.6 Å². The summed E-state index contributed by atoms with van der Waals surface area (Å²) in [6.45, 7) is 8.60. The van der Waals surface area contributed by atoms with Crippen LogP contribution in [-0.4, -0.2) is 13.2 Å². The van der Waals surface area contributed by atoms with Crippen molar-refractivity contribution in [3.63, 3.8) is 0 Å². The molecule has 0 aliphatic carbocycles. The van der Waals surface area contributed by atoms with Crippen LogP contribution in [0.2, 0.25) is 19.6 Å². The van der Waals surface area contributed by atoms with E-state index in [1.54, 1.807) is 0 Å². The van der Waals surface area contributed by atoms with Crippen LogP contribution in [0.25, 0.3) is 0 Å². The summed E-state index contributed by atoms with van der Waals surface area (Å²) in [6, 6.07) is 0. The molecule has 0 aromatic heterocycles. The summed E-state index contributed by atoms with van der Waals surface area (Å²) in [7, 11) is -1.11. The highest BCUT2D eigenvalue weighted by Gasteiger charge is 2.11. The lowest BCUT2D eigenvalue weighted by atomic mass is 10.8. The van der Waals surface area contributed by atoms with E-state index >= 15 is 0 Å². The van der Waals surface area contributed by atoms with Crippen molar-refractivity contribution < 1.29 is 0 Å². The number of rotatable bonds is 1. The van der Waals surface area contributed by atoms with E-state index in [1.807, 2.05) is 6.92 Å². The van der Waals surface area contributed by atoms with Gasteiger partial charge >= 0.3 is 0 Å². The van der Waals surface area contributed by atoms with Gasteiger partial charge in [0.1, 0.15) is 8.24 Å². The normalized spacial score (nSPS) is 11.0. The number of hydrogen-bond donors (Lipinski definition) is 1. The van der Waals surface area contributed by atoms with E-state index in [0.29, 0.717) is 0 Å². The smallest absolute Gasteiger partial charge is 0.144 e. The Hall–Kier alpha value is 0.107. The lowest BCUT2D eigenvalue weighted by molar-refractivity contribution is 1.35. The summed E-state index contributed by atoms with van der Waals surface area (Å²) < 4.78 is 0. The average molecular weight is 147 g/mol. The summed E-state index contributed by atoms with van der Waals surface area (Å²) in [5.74, 6) is 0. The molecule has 0 aliphatic heterocycles.